The van der Waals surface area contributed by atoms with Crippen LogP contribution >= 0.6 is 11.6 Å². The number of pyridine rings is 1. The molecule has 0 unspecified atom stereocenters. The van der Waals surface area contributed by atoms with Crippen molar-refractivity contribution < 1.29 is 9.47 Å². The average Bonchev–Trinajstić information content (AvgIpc) is 2.88. The summed E-state index contributed by atoms with van der Waals surface area (Å²) in [5.74, 6) is 1.34. The van der Waals surface area contributed by atoms with Crippen LogP contribution in [-0.2, 0) is 0 Å². The molecule has 4 aromatic carbocycles. The van der Waals surface area contributed by atoms with Crippen LogP contribution in [0, 0.1) is 0 Å². The average molecular weight is 452 g/mol. The largest absolute Gasteiger partial charge is 0.493 e. The van der Waals surface area contributed by atoms with Gasteiger partial charge in [0.25, 0.3) is 0 Å². The molecule has 3 nitrogen and oxygen atoms in total. The van der Waals surface area contributed by atoms with Gasteiger partial charge in [0.15, 0.2) is 11.5 Å². The number of hydrogen-bond donors (Lipinski definition) is 0. The quantitative estimate of drug-likeness (QED) is 0.272. The van der Waals surface area contributed by atoms with Crippen LogP contribution in [0.1, 0.15) is 0 Å². The van der Waals surface area contributed by atoms with Crippen molar-refractivity contribution >= 4 is 22.4 Å². The number of benzene rings is 4. The van der Waals surface area contributed by atoms with Crippen LogP contribution in [0.5, 0.6) is 11.5 Å². The molecule has 1 heterocycles. The van der Waals surface area contributed by atoms with Crippen molar-refractivity contribution in [2.24, 2.45) is 0 Å². The van der Waals surface area contributed by atoms with E-state index in [4.69, 9.17) is 26.1 Å². The van der Waals surface area contributed by atoms with Gasteiger partial charge in [-0.1, -0.05) is 84.4 Å². The highest BCUT2D eigenvalue weighted by molar-refractivity contribution is 6.30. The maximum Gasteiger partial charge on any atom is 0.161 e. The van der Waals surface area contributed by atoms with Gasteiger partial charge in [0.1, 0.15) is 0 Å². The van der Waals surface area contributed by atoms with Crippen LogP contribution in [0.15, 0.2) is 97.1 Å². The van der Waals surface area contributed by atoms with Crippen molar-refractivity contribution in [3.63, 3.8) is 0 Å². The van der Waals surface area contributed by atoms with Crippen LogP contribution in [0.2, 0.25) is 5.02 Å². The molecule has 0 bridgehead atoms. The smallest absolute Gasteiger partial charge is 0.161 e. The van der Waals surface area contributed by atoms with Crippen molar-refractivity contribution in [2.45, 2.75) is 0 Å². The van der Waals surface area contributed by atoms with E-state index in [1.807, 2.05) is 72.8 Å². The van der Waals surface area contributed by atoms with Gasteiger partial charge in [0.2, 0.25) is 0 Å². The molecule has 0 spiro atoms. The van der Waals surface area contributed by atoms with Gasteiger partial charge in [0.05, 0.1) is 25.6 Å². The minimum absolute atomic E-state index is 0.661. The summed E-state index contributed by atoms with van der Waals surface area (Å²) in [4.78, 5) is 5.24. The van der Waals surface area contributed by atoms with Gasteiger partial charge >= 0.3 is 0 Å². The Bertz CT molecular complexity index is 1420. The van der Waals surface area contributed by atoms with Crippen molar-refractivity contribution in [3.8, 4) is 45.1 Å². The first-order valence-corrected chi connectivity index (χ1v) is 11.0. The van der Waals surface area contributed by atoms with Gasteiger partial charge in [-0.3, -0.25) is 0 Å². The van der Waals surface area contributed by atoms with Crippen molar-refractivity contribution in [2.75, 3.05) is 14.2 Å². The zero-order valence-corrected chi connectivity index (χ0v) is 19.1. The molecule has 0 amide bonds. The van der Waals surface area contributed by atoms with E-state index in [0.29, 0.717) is 16.5 Å². The van der Waals surface area contributed by atoms with E-state index >= 15 is 0 Å². The molecule has 0 atom stereocenters. The Labute approximate surface area is 198 Å². The molecule has 0 N–H and O–H groups in total. The van der Waals surface area contributed by atoms with E-state index in [0.717, 1.165) is 44.4 Å². The summed E-state index contributed by atoms with van der Waals surface area (Å²) in [7, 11) is 3.31. The first kappa shape index (κ1) is 21.0. The maximum atomic E-state index is 6.18. The molecule has 5 aromatic rings. The van der Waals surface area contributed by atoms with Gasteiger partial charge in [-0.15, -0.1) is 0 Å². The monoisotopic (exact) mass is 451 g/mol. The lowest BCUT2D eigenvalue weighted by Crippen LogP contribution is -1.98. The maximum absolute atomic E-state index is 6.18. The lowest BCUT2D eigenvalue weighted by Gasteiger charge is -2.19. The molecule has 0 aliphatic rings. The third-order valence-corrected chi connectivity index (χ3v) is 5.99. The first-order valence-electron chi connectivity index (χ1n) is 10.7. The second-order valence-electron chi connectivity index (χ2n) is 7.68. The number of nitrogens with zero attached hydrogens (tertiary/aromatic N) is 1. The van der Waals surface area contributed by atoms with Gasteiger partial charge in [-0.05, 0) is 35.2 Å². The van der Waals surface area contributed by atoms with Crippen LogP contribution in [0.25, 0.3) is 44.4 Å². The van der Waals surface area contributed by atoms with Crippen molar-refractivity contribution in [1.29, 1.82) is 0 Å². The summed E-state index contributed by atoms with van der Waals surface area (Å²) in [6.45, 7) is 0. The molecular formula is C29H22ClNO2. The van der Waals surface area contributed by atoms with Crippen molar-refractivity contribution in [1.82, 2.24) is 4.98 Å². The predicted molar refractivity (Wildman–Crippen MR) is 136 cm³/mol. The van der Waals surface area contributed by atoms with Gasteiger partial charge < -0.3 is 9.47 Å². The van der Waals surface area contributed by atoms with Gasteiger partial charge in [-0.2, -0.15) is 0 Å². The van der Waals surface area contributed by atoms with Gasteiger partial charge in [-0.25, -0.2) is 4.98 Å². The molecular weight excluding hydrogens is 430 g/mol. The lowest BCUT2D eigenvalue weighted by molar-refractivity contribution is 0.356. The van der Waals surface area contributed by atoms with E-state index in [9.17, 15) is 0 Å². The van der Waals surface area contributed by atoms with Crippen LogP contribution in [0.4, 0.5) is 0 Å². The fraction of sp³-hybridized carbons (Fsp3) is 0.0690. The Hall–Kier alpha value is -3.82. The summed E-state index contributed by atoms with van der Waals surface area (Å²) in [5.41, 5.74) is 5.93. The molecule has 5 rings (SSSR count). The summed E-state index contributed by atoms with van der Waals surface area (Å²) < 4.78 is 11.3. The number of fused-ring (bicyclic) bond motifs is 1. The summed E-state index contributed by atoms with van der Waals surface area (Å²) in [6, 6.07) is 32.4. The summed E-state index contributed by atoms with van der Waals surface area (Å²) in [5, 5.41) is 2.71. The summed E-state index contributed by atoms with van der Waals surface area (Å²) in [6.07, 6.45) is 0. The lowest BCUT2D eigenvalue weighted by atomic mass is 9.91. The van der Waals surface area contributed by atoms with Crippen LogP contribution < -0.4 is 9.47 Å². The highest BCUT2D eigenvalue weighted by Crippen LogP contribution is 2.44. The number of hydrogen-bond acceptors (Lipinski definition) is 3. The Morgan fingerprint density at radius 1 is 0.576 bits per heavy atom. The molecule has 162 valence electrons. The molecule has 0 saturated carbocycles. The fourth-order valence-corrected chi connectivity index (χ4v) is 4.29. The Morgan fingerprint density at radius 2 is 1.09 bits per heavy atom. The number of aromatic nitrogens is 1. The molecule has 0 radical (unpaired) electrons. The zero-order valence-electron chi connectivity index (χ0n) is 18.4. The minimum atomic E-state index is 0.661. The number of ether oxygens (including phenoxy) is 2. The Kier molecular flexibility index (Phi) is 5.72. The van der Waals surface area contributed by atoms with Crippen LogP contribution in [0.3, 0.4) is 0 Å². The SMILES string of the molecule is COc1cc2c(-c3ccc(Cl)cc3)nc(-c3ccccc3)c(-c3ccccc3)c2cc1OC. The molecule has 0 aliphatic carbocycles. The number of methoxy groups -OCH3 is 2. The second-order valence-corrected chi connectivity index (χ2v) is 8.11. The molecule has 0 fully saturated rings. The molecule has 1 aromatic heterocycles. The Balaban J connectivity index is 1.96. The Morgan fingerprint density at radius 3 is 1.67 bits per heavy atom. The van der Waals surface area contributed by atoms with Crippen LogP contribution in [-0.4, -0.2) is 19.2 Å². The standard InChI is InChI=1S/C29H22ClNO2/c1-32-25-17-23-24(18-26(25)33-2)28(21-13-15-22(30)16-14-21)31-29(20-11-7-4-8-12-20)27(23)19-9-5-3-6-10-19/h3-18H,1-2H3. The molecule has 0 saturated heterocycles. The molecule has 4 heteroatoms. The first-order chi connectivity index (χ1) is 16.2. The minimum Gasteiger partial charge on any atom is -0.493 e. The third kappa shape index (κ3) is 3.92. The van der Waals surface area contributed by atoms with E-state index in [1.54, 1.807) is 14.2 Å². The fourth-order valence-electron chi connectivity index (χ4n) is 4.17. The van der Waals surface area contributed by atoms with E-state index in [1.165, 1.54) is 0 Å². The highest BCUT2D eigenvalue weighted by atomic mass is 35.5. The number of halogens is 1. The van der Waals surface area contributed by atoms with E-state index < -0.39 is 0 Å². The molecule has 0 aliphatic heterocycles. The third-order valence-electron chi connectivity index (χ3n) is 5.74. The number of rotatable bonds is 5. The predicted octanol–water partition coefficient (Wildman–Crippen LogP) is 7.91. The van der Waals surface area contributed by atoms with Gasteiger partial charge in [0, 0.05) is 27.1 Å². The second kappa shape index (κ2) is 8.97. The molecule has 33 heavy (non-hydrogen) atoms. The topological polar surface area (TPSA) is 31.4 Å². The van der Waals surface area contributed by atoms with E-state index in [2.05, 4.69) is 24.3 Å². The summed E-state index contributed by atoms with van der Waals surface area (Å²) >= 11 is 6.18. The zero-order chi connectivity index (χ0) is 22.8. The highest BCUT2D eigenvalue weighted by Gasteiger charge is 2.20. The normalized spacial score (nSPS) is 10.9. The van der Waals surface area contributed by atoms with E-state index in [-0.39, 0.29) is 0 Å². The van der Waals surface area contributed by atoms with Crippen molar-refractivity contribution in [3.05, 3.63) is 102 Å².